The molecule has 0 bridgehead atoms. The zero-order valence-corrected chi connectivity index (χ0v) is 12.7. The van der Waals surface area contributed by atoms with Crippen LogP contribution in [0, 0.1) is 5.82 Å². The molecule has 0 saturated heterocycles. The Kier molecular flexibility index (Phi) is 4.85. The van der Waals surface area contributed by atoms with Crippen molar-refractivity contribution in [3.63, 3.8) is 0 Å². The molecule has 108 valence electrons. The van der Waals surface area contributed by atoms with E-state index in [4.69, 9.17) is 15.0 Å². The van der Waals surface area contributed by atoms with Crippen LogP contribution in [0.1, 0.15) is 25.7 Å². The highest BCUT2D eigenvalue weighted by molar-refractivity contribution is 9.10. The highest BCUT2D eigenvalue weighted by atomic mass is 79.9. The molecule has 0 aliphatic carbocycles. The second-order valence-electron chi connectivity index (χ2n) is 4.57. The third kappa shape index (κ3) is 3.62. The molecule has 2 N–H and O–H groups in total. The second-order valence-corrected chi connectivity index (χ2v) is 5.49. The van der Waals surface area contributed by atoms with E-state index in [-0.39, 0.29) is 24.2 Å². The average molecular weight is 344 g/mol. The van der Waals surface area contributed by atoms with E-state index in [0.29, 0.717) is 5.82 Å². The summed E-state index contributed by atoms with van der Waals surface area (Å²) in [5, 5.41) is 3.77. The summed E-state index contributed by atoms with van der Waals surface area (Å²) in [5.74, 6) is -0.0470. The Hall–Kier alpha value is -1.31. The van der Waals surface area contributed by atoms with Crippen LogP contribution in [-0.4, -0.2) is 22.9 Å². The van der Waals surface area contributed by atoms with Crippen molar-refractivity contribution in [2.45, 2.75) is 26.0 Å². The lowest BCUT2D eigenvalue weighted by molar-refractivity contribution is 0.0665. The Labute approximate surface area is 124 Å². The van der Waals surface area contributed by atoms with Crippen LogP contribution in [0.4, 0.5) is 4.39 Å². The third-order valence-electron chi connectivity index (χ3n) is 2.54. The van der Waals surface area contributed by atoms with Crippen molar-refractivity contribution in [1.29, 1.82) is 0 Å². The summed E-state index contributed by atoms with van der Waals surface area (Å²) in [6, 6.07) is 3.98. The Morgan fingerprint density at radius 1 is 1.45 bits per heavy atom. The van der Waals surface area contributed by atoms with Crippen molar-refractivity contribution in [2.24, 2.45) is 5.73 Å². The molecule has 20 heavy (non-hydrogen) atoms. The van der Waals surface area contributed by atoms with Crippen molar-refractivity contribution in [3.8, 4) is 11.5 Å². The van der Waals surface area contributed by atoms with Crippen LogP contribution in [0.15, 0.2) is 27.2 Å². The van der Waals surface area contributed by atoms with Crippen LogP contribution in [-0.2, 0) is 4.74 Å². The van der Waals surface area contributed by atoms with Gasteiger partial charge in [0, 0.05) is 4.47 Å². The molecule has 0 fully saturated rings. The maximum atomic E-state index is 13.7. The summed E-state index contributed by atoms with van der Waals surface area (Å²) in [6.07, 6.45) is 0.0648. The molecule has 2 aromatic rings. The number of nitrogens with two attached hydrogens (primary N) is 1. The molecule has 1 aromatic heterocycles. The normalized spacial score (nSPS) is 12.9. The molecule has 1 heterocycles. The van der Waals surface area contributed by atoms with Gasteiger partial charge in [0.05, 0.1) is 24.3 Å². The van der Waals surface area contributed by atoms with Crippen molar-refractivity contribution >= 4 is 15.9 Å². The number of hydrogen-bond donors (Lipinski definition) is 1. The summed E-state index contributed by atoms with van der Waals surface area (Å²) >= 11 is 3.27. The van der Waals surface area contributed by atoms with Crippen molar-refractivity contribution in [3.05, 3.63) is 34.3 Å². The molecule has 0 spiro atoms. The van der Waals surface area contributed by atoms with Crippen LogP contribution >= 0.6 is 15.9 Å². The van der Waals surface area contributed by atoms with E-state index in [1.54, 1.807) is 12.1 Å². The Balaban J connectivity index is 2.18. The molecule has 0 amide bonds. The van der Waals surface area contributed by atoms with E-state index in [0.717, 1.165) is 4.47 Å². The second kappa shape index (κ2) is 6.43. The fourth-order valence-corrected chi connectivity index (χ4v) is 1.89. The molecular weight excluding hydrogens is 329 g/mol. The minimum Gasteiger partial charge on any atom is -0.377 e. The summed E-state index contributed by atoms with van der Waals surface area (Å²) in [5.41, 5.74) is 6.12. The lowest BCUT2D eigenvalue weighted by atomic mass is 10.2. The summed E-state index contributed by atoms with van der Waals surface area (Å²) in [7, 11) is 0. The van der Waals surface area contributed by atoms with Gasteiger partial charge in [-0.3, -0.25) is 0 Å². The fourth-order valence-electron chi connectivity index (χ4n) is 1.53. The van der Waals surface area contributed by atoms with Crippen LogP contribution < -0.4 is 5.73 Å². The van der Waals surface area contributed by atoms with Crippen LogP contribution in [0.3, 0.4) is 0 Å². The van der Waals surface area contributed by atoms with Gasteiger partial charge in [0.1, 0.15) is 5.82 Å². The molecule has 0 radical (unpaired) electrons. The third-order valence-corrected chi connectivity index (χ3v) is 3.03. The lowest BCUT2D eigenvalue weighted by Crippen LogP contribution is -2.20. The lowest BCUT2D eigenvalue weighted by Gasteiger charge is -2.10. The molecule has 7 heteroatoms. The van der Waals surface area contributed by atoms with Gasteiger partial charge in [-0.1, -0.05) is 21.1 Å². The number of halogens is 2. The topological polar surface area (TPSA) is 74.2 Å². The van der Waals surface area contributed by atoms with Gasteiger partial charge in [-0.05, 0) is 32.0 Å². The Bertz CT molecular complexity index is 589. The number of rotatable bonds is 5. The molecule has 5 nitrogen and oxygen atoms in total. The van der Waals surface area contributed by atoms with Gasteiger partial charge >= 0.3 is 0 Å². The van der Waals surface area contributed by atoms with Crippen LogP contribution in [0.25, 0.3) is 11.5 Å². The van der Waals surface area contributed by atoms with Gasteiger partial charge in [-0.2, -0.15) is 4.98 Å². The largest absolute Gasteiger partial charge is 0.377 e. The minimum absolute atomic E-state index is 0.0648. The van der Waals surface area contributed by atoms with Gasteiger partial charge in [0.25, 0.3) is 5.89 Å². The number of benzene rings is 1. The average Bonchev–Trinajstić information content (AvgIpc) is 2.88. The van der Waals surface area contributed by atoms with Crippen LogP contribution in [0.2, 0.25) is 0 Å². The SMILES string of the molecule is CC(C)OCC(N)c1noc(-c2cc(Br)ccc2F)n1. The summed E-state index contributed by atoms with van der Waals surface area (Å²) in [6.45, 7) is 4.09. The van der Waals surface area contributed by atoms with Gasteiger partial charge in [0.2, 0.25) is 0 Å². The maximum absolute atomic E-state index is 13.7. The molecule has 1 aromatic carbocycles. The Morgan fingerprint density at radius 2 is 2.20 bits per heavy atom. The molecular formula is C13H15BrFN3O2. The quantitative estimate of drug-likeness (QED) is 0.902. The van der Waals surface area contributed by atoms with Crippen molar-refractivity contribution in [1.82, 2.24) is 10.1 Å². The van der Waals surface area contributed by atoms with E-state index in [1.165, 1.54) is 6.07 Å². The summed E-state index contributed by atoms with van der Waals surface area (Å²) in [4.78, 5) is 4.12. The van der Waals surface area contributed by atoms with Crippen molar-refractivity contribution in [2.75, 3.05) is 6.61 Å². The fraction of sp³-hybridized carbons (Fsp3) is 0.385. The van der Waals surface area contributed by atoms with Crippen LogP contribution in [0.5, 0.6) is 0 Å². The maximum Gasteiger partial charge on any atom is 0.260 e. The highest BCUT2D eigenvalue weighted by Gasteiger charge is 2.18. The predicted octanol–water partition coefficient (Wildman–Crippen LogP) is 3.06. The molecule has 0 aliphatic rings. The first kappa shape index (κ1) is 15.1. The smallest absolute Gasteiger partial charge is 0.260 e. The standard InChI is InChI=1S/C13H15BrFN3O2/c1-7(2)19-6-11(16)12-17-13(20-18-12)9-5-8(14)3-4-10(9)15/h3-5,7,11H,6,16H2,1-2H3. The number of ether oxygens (including phenoxy) is 1. The van der Waals surface area contributed by atoms with E-state index >= 15 is 0 Å². The molecule has 0 aliphatic heterocycles. The zero-order valence-electron chi connectivity index (χ0n) is 11.1. The number of nitrogens with zero attached hydrogens (tertiary/aromatic N) is 2. The van der Waals surface area contributed by atoms with E-state index in [1.807, 2.05) is 13.8 Å². The van der Waals surface area contributed by atoms with Gasteiger partial charge < -0.3 is 15.0 Å². The number of aromatic nitrogens is 2. The van der Waals surface area contributed by atoms with Crippen molar-refractivity contribution < 1.29 is 13.7 Å². The first-order valence-electron chi connectivity index (χ1n) is 6.13. The molecule has 0 saturated carbocycles. The van der Waals surface area contributed by atoms with E-state index < -0.39 is 11.9 Å². The zero-order chi connectivity index (χ0) is 14.7. The molecule has 2 rings (SSSR count). The van der Waals surface area contributed by atoms with E-state index in [9.17, 15) is 4.39 Å². The first-order chi connectivity index (χ1) is 9.47. The summed E-state index contributed by atoms with van der Waals surface area (Å²) < 4.78 is 24.9. The highest BCUT2D eigenvalue weighted by Crippen LogP contribution is 2.25. The minimum atomic E-state index is -0.509. The molecule has 1 unspecified atom stereocenters. The van der Waals surface area contributed by atoms with Gasteiger partial charge in [-0.25, -0.2) is 4.39 Å². The number of hydrogen-bond acceptors (Lipinski definition) is 5. The van der Waals surface area contributed by atoms with Gasteiger partial charge in [-0.15, -0.1) is 0 Å². The van der Waals surface area contributed by atoms with E-state index in [2.05, 4.69) is 26.1 Å². The molecule has 1 atom stereocenters. The van der Waals surface area contributed by atoms with Gasteiger partial charge in [0.15, 0.2) is 5.82 Å². The first-order valence-corrected chi connectivity index (χ1v) is 6.93. The Morgan fingerprint density at radius 3 is 2.90 bits per heavy atom. The predicted molar refractivity (Wildman–Crippen MR) is 75.4 cm³/mol. The monoisotopic (exact) mass is 343 g/mol.